The van der Waals surface area contributed by atoms with Crippen molar-refractivity contribution < 1.29 is 5.11 Å². The van der Waals surface area contributed by atoms with Gasteiger partial charge in [0, 0.05) is 44.3 Å². The summed E-state index contributed by atoms with van der Waals surface area (Å²) >= 11 is 1.84. The first kappa shape index (κ1) is 17.6. The smallest absolute Gasteiger partial charge is 0.0945 e. The number of likely N-dealkylation sites (tertiary alicyclic amines) is 1. The zero-order chi connectivity index (χ0) is 16.8. The molecular formula is C18H28N4OS. The van der Waals surface area contributed by atoms with E-state index in [-0.39, 0.29) is 6.61 Å². The van der Waals surface area contributed by atoms with Gasteiger partial charge in [-0.25, -0.2) is 4.98 Å². The summed E-state index contributed by atoms with van der Waals surface area (Å²) in [4.78, 5) is 10.4. The van der Waals surface area contributed by atoms with Crippen LogP contribution < -0.4 is 0 Å². The maximum absolute atomic E-state index is 9.37. The van der Waals surface area contributed by atoms with Crippen LogP contribution in [0.3, 0.4) is 0 Å². The average Bonchev–Trinajstić information content (AvgIpc) is 3.18. The van der Waals surface area contributed by atoms with E-state index in [1.807, 2.05) is 35.5 Å². The third-order valence-corrected chi connectivity index (χ3v) is 5.63. The van der Waals surface area contributed by atoms with E-state index in [2.05, 4.69) is 26.2 Å². The molecule has 0 saturated carbocycles. The number of hydrogen-bond donors (Lipinski definition) is 1. The summed E-state index contributed by atoms with van der Waals surface area (Å²) in [6.07, 6.45) is 7.79. The molecule has 1 aliphatic rings. The SMILES string of the molecule is Cn1cncc1CN(CCO)Cc1cc(CN2CCCCC2)cs1. The van der Waals surface area contributed by atoms with Crippen LogP contribution in [0.2, 0.25) is 0 Å². The van der Waals surface area contributed by atoms with E-state index in [1.54, 1.807) is 0 Å². The minimum atomic E-state index is 0.184. The van der Waals surface area contributed by atoms with E-state index < -0.39 is 0 Å². The van der Waals surface area contributed by atoms with Crippen LogP contribution in [0, 0.1) is 0 Å². The van der Waals surface area contributed by atoms with Gasteiger partial charge in [0.2, 0.25) is 0 Å². The molecule has 1 fully saturated rings. The number of aliphatic hydroxyl groups excluding tert-OH is 1. The van der Waals surface area contributed by atoms with Crippen molar-refractivity contribution in [3.05, 3.63) is 40.1 Å². The van der Waals surface area contributed by atoms with Gasteiger partial charge in [-0.15, -0.1) is 11.3 Å². The van der Waals surface area contributed by atoms with Gasteiger partial charge < -0.3 is 9.67 Å². The maximum Gasteiger partial charge on any atom is 0.0945 e. The largest absolute Gasteiger partial charge is 0.395 e. The zero-order valence-electron chi connectivity index (χ0n) is 14.5. The molecule has 0 spiro atoms. The van der Waals surface area contributed by atoms with Crippen LogP contribution in [0.25, 0.3) is 0 Å². The number of piperidine rings is 1. The van der Waals surface area contributed by atoms with Crippen molar-refractivity contribution >= 4 is 11.3 Å². The number of rotatable bonds is 8. The molecule has 3 rings (SSSR count). The molecule has 1 N–H and O–H groups in total. The van der Waals surface area contributed by atoms with Crippen LogP contribution in [0.15, 0.2) is 24.0 Å². The summed E-state index contributed by atoms with van der Waals surface area (Å²) in [6.45, 7) is 6.13. The number of thiophene rings is 1. The lowest BCUT2D eigenvalue weighted by Gasteiger charge is -2.25. The van der Waals surface area contributed by atoms with Crippen molar-refractivity contribution in [3.8, 4) is 0 Å². The third-order valence-electron chi connectivity index (χ3n) is 4.66. The quantitative estimate of drug-likeness (QED) is 0.796. The van der Waals surface area contributed by atoms with Crippen LogP contribution in [-0.4, -0.2) is 50.7 Å². The third kappa shape index (κ3) is 4.89. The van der Waals surface area contributed by atoms with Gasteiger partial charge in [-0.05, 0) is 42.9 Å². The summed E-state index contributed by atoms with van der Waals surface area (Å²) in [5.74, 6) is 0. The van der Waals surface area contributed by atoms with Gasteiger partial charge in [0.05, 0.1) is 18.6 Å². The van der Waals surface area contributed by atoms with Gasteiger partial charge in [-0.1, -0.05) is 6.42 Å². The number of aryl methyl sites for hydroxylation is 1. The Morgan fingerprint density at radius 3 is 2.79 bits per heavy atom. The van der Waals surface area contributed by atoms with Gasteiger partial charge in [0.15, 0.2) is 0 Å². The molecule has 24 heavy (non-hydrogen) atoms. The fourth-order valence-electron chi connectivity index (χ4n) is 3.31. The number of imidazole rings is 1. The zero-order valence-corrected chi connectivity index (χ0v) is 15.3. The molecule has 2 aromatic heterocycles. The van der Waals surface area contributed by atoms with E-state index in [1.165, 1.54) is 48.5 Å². The first-order chi connectivity index (χ1) is 11.7. The summed E-state index contributed by atoms with van der Waals surface area (Å²) in [5, 5.41) is 11.7. The summed E-state index contributed by atoms with van der Waals surface area (Å²) < 4.78 is 2.04. The van der Waals surface area contributed by atoms with Crippen molar-refractivity contribution in [2.45, 2.75) is 38.9 Å². The molecular weight excluding hydrogens is 320 g/mol. The maximum atomic E-state index is 9.37. The number of nitrogens with zero attached hydrogens (tertiary/aromatic N) is 4. The first-order valence-electron chi connectivity index (χ1n) is 8.81. The monoisotopic (exact) mass is 348 g/mol. The van der Waals surface area contributed by atoms with Crippen molar-refractivity contribution in [3.63, 3.8) is 0 Å². The minimum Gasteiger partial charge on any atom is -0.395 e. The lowest BCUT2D eigenvalue weighted by Crippen LogP contribution is -2.29. The lowest BCUT2D eigenvalue weighted by molar-refractivity contribution is 0.183. The lowest BCUT2D eigenvalue weighted by atomic mass is 10.1. The molecule has 0 unspecified atom stereocenters. The summed E-state index contributed by atoms with van der Waals surface area (Å²) in [7, 11) is 2.02. The summed E-state index contributed by atoms with van der Waals surface area (Å²) in [5.41, 5.74) is 2.61. The molecule has 0 bridgehead atoms. The highest BCUT2D eigenvalue weighted by Gasteiger charge is 2.13. The van der Waals surface area contributed by atoms with E-state index in [9.17, 15) is 5.11 Å². The first-order valence-corrected chi connectivity index (χ1v) is 9.69. The Labute approximate surface area is 148 Å². The predicted molar refractivity (Wildman–Crippen MR) is 97.9 cm³/mol. The van der Waals surface area contributed by atoms with E-state index in [4.69, 9.17) is 0 Å². The molecule has 0 aromatic carbocycles. The topological polar surface area (TPSA) is 44.5 Å². The fraction of sp³-hybridized carbons (Fsp3) is 0.611. The van der Waals surface area contributed by atoms with Crippen LogP contribution in [0.1, 0.15) is 35.4 Å². The van der Waals surface area contributed by atoms with Gasteiger partial charge in [-0.2, -0.15) is 0 Å². The molecule has 2 aromatic rings. The van der Waals surface area contributed by atoms with Crippen molar-refractivity contribution in [2.75, 3.05) is 26.2 Å². The summed E-state index contributed by atoms with van der Waals surface area (Å²) in [6, 6.07) is 2.34. The van der Waals surface area contributed by atoms with Crippen molar-refractivity contribution in [1.82, 2.24) is 19.4 Å². The molecule has 1 saturated heterocycles. The molecule has 6 heteroatoms. The molecule has 0 atom stereocenters. The Morgan fingerprint density at radius 1 is 1.25 bits per heavy atom. The molecule has 5 nitrogen and oxygen atoms in total. The molecule has 0 amide bonds. The second kappa shape index (κ2) is 8.76. The Hall–Kier alpha value is -1.21. The number of hydrogen-bond acceptors (Lipinski definition) is 5. The number of aliphatic hydroxyl groups is 1. The van der Waals surface area contributed by atoms with Crippen LogP contribution in [0.4, 0.5) is 0 Å². The Morgan fingerprint density at radius 2 is 2.08 bits per heavy atom. The van der Waals surface area contributed by atoms with Gasteiger partial charge in [0.1, 0.15) is 0 Å². The molecule has 0 radical (unpaired) electrons. The molecule has 132 valence electrons. The van der Waals surface area contributed by atoms with E-state index >= 15 is 0 Å². The van der Waals surface area contributed by atoms with Crippen LogP contribution in [-0.2, 0) is 26.7 Å². The second-order valence-electron chi connectivity index (χ2n) is 6.69. The molecule has 1 aliphatic heterocycles. The van der Waals surface area contributed by atoms with Gasteiger partial charge in [0.25, 0.3) is 0 Å². The number of aromatic nitrogens is 2. The highest BCUT2D eigenvalue weighted by atomic mass is 32.1. The Kier molecular flexibility index (Phi) is 6.43. The highest BCUT2D eigenvalue weighted by molar-refractivity contribution is 7.10. The van der Waals surface area contributed by atoms with Gasteiger partial charge in [-0.3, -0.25) is 9.80 Å². The highest BCUT2D eigenvalue weighted by Crippen LogP contribution is 2.21. The standard InChI is InChI=1S/C18H28N4OS/c1-20-15-19-10-17(20)12-22(7-8-23)13-18-9-16(14-24-18)11-21-5-3-2-4-6-21/h9-10,14-15,23H,2-8,11-13H2,1H3. The van der Waals surface area contributed by atoms with Crippen LogP contribution >= 0.6 is 11.3 Å². The Bertz CT molecular complexity index is 618. The second-order valence-corrected chi connectivity index (χ2v) is 7.68. The molecule has 0 aliphatic carbocycles. The average molecular weight is 349 g/mol. The Balaban J connectivity index is 1.57. The van der Waals surface area contributed by atoms with E-state index in [0.717, 1.165) is 19.6 Å². The molecule has 3 heterocycles. The fourth-order valence-corrected chi connectivity index (χ4v) is 4.23. The predicted octanol–water partition coefficient (Wildman–Crippen LogP) is 2.46. The van der Waals surface area contributed by atoms with Crippen LogP contribution in [0.5, 0.6) is 0 Å². The van der Waals surface area contributed by atoms with Crippen molar-refractivity contribution in [1.29, 1.82) is 0 Å². The van der Waals surface area contributed by atoms with Gasteiger partial charge >= 0.3 is 0 Å². The normalized spacial score (nSPS) is 16.1. The minimum absolute atomic E-state index is 0.184. The van der Waals surface area contributed by atoms with E-state index in [0.29, 0.717) is 6.54 Å². The van der Waals surface area contributed by atoms with Crippen molar-refractivity contribution in [2.24, 2.45) is 7.05 Å².